The van der Waals surface area contributed by atoms with Gasteiger partial charge in [-0.1, -0.05) is 18.2 Å². The summed E-state index contributed by atoms with van der Waals surface area (Å²) in [6, 6.07) is 13.6. The number of carbonyl (C=O) groups excluding carboxylic acids is 2. The summed E-state index contributed by atoms with van der Waals surface area (Å²) >= 11 is 0. The van der Waals surface area contributed by atoms with Crippen LogP contribution < -0.4 is 19.5 Å². The van der Waals surface area contributed by atoms with Crippen molar-refractivity contribution >= 4 is 29.0 Å². The number of amides is 1. The van der Waals surface area contributed by atoms with E-state index in [4.69, 9.17) is 14.2 Å². The summed E-state index contributed by atoms with van der Waals surface area (Å²) in [4.78, 5) is 27.9. The highest BCUT2D eigenvalue weighted by atomic mass is 19.1. The zero-order valence-corrected chi connectivity index (χ0v) is 22.4. The van der Waals surface area contributed by atoms with E-state index < -0.39 is 11.7 Å². The van der Waals surface area contributed by atoms with Gasteiger partial charge < -0.3 is 24.4 Å². The zero-order valence-electron chi connectivity index (χ0n) is 22.4. The Kier molecular flexibility index (Phi) is 8.78. The number of benzene rings is 3. The highest BCUT2D eigenvalue weighted by Gasteiger charge is 2.23. The van der Waals surface area contributed by atoms with Crippen molar-refractivity contribution in [1.82, 2.24) is 4.90 Å². The van der Waals surface area contributed by atoms with Crippen LogP contribution in [0.15, 0.2) is 66.7 Å². The van der Waals surface area contributed by atoms with Gasteiger partial charge in [-0.05, 0) is 67.6 Å². The number of ether oxygens (including phenoxy) is 3. The molecule has 39 heavy (non-hydrogen) atoms. The molecule has 0 atom stereocenters. The molecule has 0 saturated heterocycles. The Morgan fingerprint density at radius 1 is 0.949 bits per heavy atom. The van der Waals surface area contributed by atoms with Crippen molar-refractivity contribution < 1.29 is 28.2 Å². The van der Waals surface area contributed by atoms with Gasteiger partial charge in [0.1, 0.15) is 23.1 Å². The fraction of sp³-hybridized carbons (Fsp3) is 0.226. The topological polar surface area (TPSA) is 77.1 Å². The van der Waals surface area contributed by atoms with Crippen LogP contribution >= 0.6 is 0 Å². The van der Waals surface area contributed by atoms with Crippen molar-refractivity contribution in [3.05, 3.63) is 94.8 Å². The summed E-state index contributed by atoms with van der Waals surface area (Å²) in [5, 5.41) is 2.74. The number of halogens is 1. The van der Waals surface area contributed by atoms with Gasteiger partial charge >= 0.3 is 0 Å². The molecule has 3 aromatic carbocycles. The fourth-order valence-corrected chi connectivity index (χ4v) is 4.44. The molecule has 0 spiro atoms. The minimum Gasteiger partial charge on any atom is -0.496 e. The van der Waals surface area contributed by atoms with Crippen LogP contribution in [0.4, 0.5) is 10.1 Å². The Morgan fingerprint density at radius 2 is 1.69 bits per heavy atom. The van der Waals surface area contributed by atoms with E-state index in [1.54, 1.807) is 57.7 Å². The molecule has 1 N–H and O–H groups in total. The van der Waals surface area contributed by atoms with E-state index in [2.05, 4.69) is 23.3 Å². The maximum Gasteiger partial charge on any atom is 0.255 e. The summed E-state index contributed by atoms with van der Waals surface area (Å²) in [7, 11) is 6.81. The van der Waals surface area contributed by atoms with E-state index in [0.717, 1.165) is 30.6 Å². The van der Waals surface area contributed by atoms with Crippen molar-refractivity contribution in [3.8, 4) is 17.2 Å². The normalized spacial score (nSPS) is 13.6. The van der Waals surface area contributed by atoms with E-state index in [1.807, 2.05) is 0 Å². The molecule has 0 aliphatic carbocycles. The van der Waals surface area contributed by atoms with Crippen molar-refractivity contribution in [2.75, 3.05) is 46.8 Å². The largest absolute Gasteiger partial charge is 0.496 e. The molecule has 1 aliphatic rings. The average Bonchev–Trinajstić information content (AvgIpc) is 2.96. The van der Waals surface area contributed by atoms with Gasteiger partial charge in [0.05, 0.1) is 32.5 Å². The lowest BCUT2D eigenvalue weighted by molar-refractivity contribution is 0.102. The van der Waals surface area contributed by atoms with E-state index >= 15 is 0 Å². The second kappa shape index (κ2) is 12.4. The Balaban J connectivity index is 1.62. The minimum atomic E-state index is -0.425. The first kappa shape index (κ1) is 27.6. The monoisotopic (exact) mass is 530 g/mol. The van der Waals surface area contributed by atoms with E-state index in [0.29, 0.717) is 39.6 Å². The summed E-state index contributed by atoms with van der Waals surface area (Å²) in [6.07, 6.45) is 6.09. The van der Waals surface area contributed by atoms with Gasteiger partial charge in [0.25, 0.3) is 5.91 Å². The van der Waals surface area contributed by atoms with Crippen LogP contribution in [-0.2, 0) is 0 Å². The lowest BCUT2D eigenvalue weighted by Crippen LogP contribution is -2.24. The number of nitrogens with one attached hydrogen (secondary N) is 1. The van der Waals surface area contributed by atoms with E-state index in [-0.39, 0.29) is 5.78 Å². The summed E-state index contributed by atoms with van der Waals surface area (Å²) in [5.74, 6) is 0.599. The van der Waals surface area contributed by atoms with Crippen molar-refractivity contribution in [2.45, 2.75) is 6.42 Å². The molecule has 1 aliphatic heterocycles. The molecule has 0 fully saturated rings. The molecule has 0 radical (unpaired) electrons. The predicted molar refractivity (Wildman–Crippen MR) is 150 cm³/mol. The molecule has 1 amide bonds. The number of carbonyl (C=O) groups is 2. The second-order valence-electron chi connectivity index (χ2n) is 9.08. The number of ketones is 1. The van der Waals surface area contributed by atoms with E-state index in [9.17, 15) is 14.0 Å². The van der Waals surface area contributed by atoms with Gasteiger partial charge in [0.15, 0.2) is 5.78 Å². The number of allylic oxidation sites excluding steroid dienone is 1. The molecule has 4 rings (SSSR count). The van der Waals surface area contributed by atoms with Crippen molar-refractivity contribution in [1.29, 1.82) is 0 Å². The van der Waals surface area contributed by atoms with Gasteiger partial charge in [-0.3, -0.25) is 9.59 Å². The molecule has 7 nitrogen and oxygen atoms in total. The molecule has 202 valence electrons. The van der Waals surface area contributed by atoms with Crippen LogP contribution in [0.25, 0.3) is 11.6 Å². The molecular weight excluding hydrogens is 499 g/mol. The summed E-state index contributed by atoms with van der Waals surface area (Å²) in [6.45, 7) is 1.72. The number of hydrogen-bond donors (Lipinski definition) is 1. The quantitative estimate of drug-likeness (QED) is 0.282. The lowest BCUT2D eigenvalue weighted by Gasteiger charge is -2.25. The van der Waals surface area contributed by atoms with Crippen LogP contribution in [0.1, 0.15) is 38.3 Å². The summed E-state index contributed by atoms with van der Waals surface area (Å²) in [5.41, 5.74) is 3.70. The van der Waals surface area contributed by atoms with Gasteiger partial charge in [-0.25, -0.2) is 4.39 Å². The Bertz CT molecular complexity index is 1430. The molecule has 0 saturated carbocycles. The van der Waals surface area contributed by atoms with Gasteiger partial charge in [0, 0.05) is 36.0 Å². The zero-order chi connectivity index (χ0) is 27.9. The standard InChI is InChI=1S/C31H31FN2O5/c1-34-16-14-20(15-17-34)29-28(38-3)19-27(37-2)25(30(29)39-4)12-13-26(35)22-6-5-7-24(18-22)33-31(36)21-8-10-23(32)11-9-21/h5-14,18-19H,15-17H2,1-4H3,(H,33,36)/b13-12+. The smallest absolute Gasteiger partial charge is 0.255 e. The summed E-state index contributed by atoms with van der Waals surface area (Å²) < 4.78 is 30.3. The maximum absolute atomic E-state index is 13.2. The number of nitrogens with zero attached hydrogens (tertiary/aromatic N) is 1. The molecule has 0 aromatic heterocycles. The van der Waals surface area contributed by atoms with Crippen LogP contribution in [-0.4, -0.2) is 58.1 Å². The van der Waals surface area contributed by atoms with Crippen LogP contribution in [0.2, 0.25) is 0 Å². The second-order valence-corrected chi connectivity index (χ2v) is 9.08. The number of anilines is 1. The van der Waals surface area contributed by atoms with E-state index in [1.165, 1.54) is 30.3 Å². The number of methoxy groups -OCH3 is 3. The maximum atomic E-state index is 13.2. The predicted octanol–water partition coefficient (Wildman–Crippen LogP) is 5.72. The van der Waals surface area contributed by atoms with Crippen LogP contribution in [0.5, 0.6) is 17.2 Å². The van der Waals surface area contributed by atoms with Gasteiger partial charge in [-0.15, -0.1) is 0 Å². The first-order valence-corrected chi connectivity index (χ1v) is 12.4. The lowest BCUT2D eigenvalue weighted by atomic mass is 9.94. The highest BCUT2D eigenvalue weighted by Crippen LogP contribution is 2.45. The molecule has 8 heteroatoms. The average molecular weight is 531 g/mol. The number of likely N-dealkylation sites (N-methyl/N-ethyl adjacent to an activating group) is 1. The number of hydrogen-bond acceptors (Lipinski definition) is 6. The highest BCUT2D eigenvalue weighted by molar-refractivity contribution is 6.09. The molecule has 3 aromatic rings. The third-order valence-corrected chi connectivity index (χ3v) is 6.54. The fourth-order valence-electron chi connectivity index (χ4n) is 4.44. The first-order valence-electron chi connectivity index (χ1n) is 12.4. The van der Waals surface area contributed by atoms with Crippen molar-refractivity contribution in [3.63, 3.8) is 0 Å². The minimum absolute atomic E-state index is 0.270. The van der Waals surface area contributed by atoms with Gasteiger partial charge in [0.2, 0.25) is 0 Å². The molecule has 0 bridgehead atoms. The first-order chi connectivity index (χ1) is 18.8. The van der Waals surface area contributed by atoms with Gasteiger partial charge in [-0.2, -0.15) is 0 Å². The SMILES string of the molecule is COc1cc(OC)c(C2=CCN(C)CC2)c(OC)c1/C=C/C(=O)c1cccc(NC(=O)c2ccc(F)cc2)c1. The Morgan fingerprint density at radius 3 is 2.33 bits per heavy atom. The Labute approximate surface area is 227 Å². The molecular formula is C31H31FN2O5. The third-order valence-electron chi connectivity index (χ3n) is 6.54. The van der Waals surface area contributed by atoms with Crippen LogP contribution in [0, 0.1) is 5.82 Å². The number of rotatable bonds is 9. The molecule has 0 unspecified atom stereocenters. The molecule has 1 heterocycles. The van der Waals surface area contributed by atoms with Crippen molar-refractivity contribution in [2.24, 2.45) is 0 Å². The Hall–Kier alpha value is -4.43. The van der Waals surface area contributed by atoms with Crippen LogP contribution in [0.3, 0.4) is 0 Å². The third kappa shape index (κ3) is 6.35.